The number of hydrogen-bond acceptors (Lipinski definition) is 21. The van der Waals surface area contributed by atoms with E-state index in [2.05, 4.69) is 46.1 Å². The quantitative estimate of drug-likeness (QED) is 0.00823. The van der Waals surface area contributed by atoms with E-state index in [0.717, 1.165) is 82.0 Å². The molecule has 0 heterocycles. The SMILES string of the molecule is C=C(C)C(=O)OCCC(C)(O)c1ccc2ccccc2c1.C=C(C)C(=O)OCCC(C)(O)c1ccccc1.C=C(C)C(=O)OCCC(O)c1ccc2ccccc2c1.C=C(C)C(=O)OCCC(O)c1cccc2ccccc12.C=C(C)C(=O)OCCC(O)c1ccccc1.C=C(C)C(=O)OCCCC(O)c1ccc2ccccc2c1.C=C(C)C(=O)OCCCC(O)c1ccccc1. The molecule has 7 N–H and O–H groups in total. The van der Waals surface area contributed by atoms with E-state index >= 15 is 0 Å². The highest BCUT2D eigenvalue weighted by Gasteiger charge is 2.26. The van der Waals surface area contributed by atoms with E-state index in [1.165, 1.54) is 0 Å². The molecule has 0 spiro atoms. The summed E-state index contributed by atoms with van der Waals surface area (Å²) in [5.74, 6) is -2.86. The van der Waals surface area contributed by atoms with Gasteiger partial charge in [-0.15, -0.1) is 0 Å². The third kappa shape index (κ3) is 39.9. The summed E-state index contributed by atoms with van der Waals surface area (Å²) in [6, 6.07) is 83.4. The summed E-state index contributed by atoms with van der Waals surface area (Å²) in [4.78, 5) is 78.4. The van der Waals surface area contributed by atoms with E-state index in [9.17, 15) is 69.3 Å². The Kier molecular flexibility index (Phi) is 47.7. The number of ether oxygens (including phenoxy) is 7. The van der Waals surface area contributed by atoms with E-state index in [0.29, 0.717) is 110 Å². The second kappa shape index (κ2) is 57.6. The summed E-state index contributed by atoms with van der Waals surface area (Å²) in [5.41, 5.74) is 6.50. The molecule has 21 heteroatoms. The van der Waals surface area contributed by atoms with Crippen molar-refractivity contribution in [2.75, 3.05) is 46.2 Å². The highest BCUT2D eigenvalue weighted by atomic mass is 16.6. The van der Waals surface area contributed by atoms with Crippen LogP contribution >= 0.6 is 0 Å². The Hall–Kier alpha value is -13.4. The topological polar surface area (TPSA) is 326 Å². The molecule has 132 heavy (non-hydrogen) atoms. The molecule has 11 rings (SSSR count). The fourth-order valence-corrected chi connectivity index (χ4v) is 12.4. The van der Waals surface area contributed by atoms with Crippen LogP contribution in [-0.4, -0.2) is 124 Å². The van der Waals surface area contributed by atoms with Crippen LogP contribution in [0.3, 0.4) is 0 Å². The van der Waals surface area contributed by atoms with Crippen LogP contribution in [0.15, 0.2) is 346 Å². The van der Waals surface area contributed by atoms with Gasteiger partial charge >= 0.3 is 41.8 Å². The Morgan fingerprint density at radius 1 is 0.258 bits per heavy atom. The standard InChI is InChI=1S/2C18H20O3.2C17H18O3.2C14H18O3.C13H16O3/c1-13(2)17(19)21-11-10-18(3,20)16-9-8-14-6-4-5-7-15(14)12-16;1-13(2)18(20)21-11-5-8-17(19)16-10-9-14-6-3-4-7-15(14)12-16;1-12(2)17(19)20-11-10-16(18)15-9-5-7-13-6-3-4-8-14(13)15;1-12(2)17(19)20-10-9-16(18)15-8-7-13-5-3-4-6-14(13)11-15;1-11(2)13(15)17-10-9-14(3,16)12-7-5-4-6-8-12;1-11(2)14(16)17-10-6-9-13(15)12-7-4-3-5-8-12;1-10(2)13(15)16-9-8-12(14)11-6-4-3-5-7-11/h4-9,12,20H,1,10-11H2,2-3H3;3-4,6-7,9-10,12,17,19H,1,5,8,11H2,2H3;3-9,16,18H,1,10-11H2,2H3;3-8,11,16,18H,1,9-10H2,2H3;4-8,16H,1,9-10H2,2-3H3;3-5,7-8,13,15H,1,6,9-10H2,2H3;3-7,12,14H,1,8-9H2,2H3. The fraction of sp³-hybridized carbons (Fsp3) is 0.288. The number of aliphatic hydroxyl groups excluding tert-OH is 5. The van der Waals surface area contributed by atoms with Gasteiger partial charge in [-0.3, -0.25) is 0 Å². The first kappa shape index (κ1) is 109. The zero-order valence-electron chi connectivity index (χ0n) is 77.3. The largest absolute Gasteiger partial charge is 0.462 e. The Labute approximate surface area is 776 Å². The van der Waals surface area contributed by atoms with Crippen molar-refractivity contribution in [1.82, 2.24) is 0 Å². The molecule has 698 valence electrons. The van der Waals surface area contributed by atoms with Gasteiger partial charge in [-0.1, -0.05) is 289 Å². The van der Waals surface area contributed by atoms with Gasteiger partial charge in [-0.05, 0) is 188 Å². The lowest BCUT2D eigenvalue weighted by Crippen LogP contribution is -2.24. The van der Waals surface area contributed by atoms with E-state index < -0.39 is 71.6 Å². The minimum Gasteiger partial charge on any atom is -0.462 e. The molecule has 0 saturated heterocycles. The number of carbonyl (C=O) groups excluding carboxylic acids is 7. The molecule has 0 aliphatic rings. The molecule has 0 fully saturated rings. The number of rotatable bonds is 37. The number of carbonyl (C=O) groups is 7. The van der Waals surface area contributed by atoms with E-state index in [4.69, 9.17) is 33.2 Å². The molecule has 11 aromatic carbocycles. The summed E-state index contributed by atoms with van der Waals surface area (Å²) in [7, 11) is 0. The fourth-order valence-electron chi connectivity index (χ4n) is 12.4. The first-order valence-electron chi connectivity index (χ1n) is 43.5. The number of esters is 7. The van der Waals surface area contributed by atoms with Crippen molar-refractivity contribution in [2.45, 2.75) is 162 Å². The maximum absolute atomic E-state index is 11.3. The molecule has 0 saturated carbocycles. The van der Waals surface area contributed by atoms with Crippen molar-refractivity contribution >= 4 is 84.9 Å². The van der Waals surface area contributed by atoms with E-state index in [1.807, 2.05) is 261 Å². The number of aliphatic hydroxyl groups is 7. The van der Waals surface area contributed by atoms with Crippen molar-refractivity contribution in [3.63, 3.8) is 0 Å². The Morgan fingerprint density at radius 3 is 0.894 bits per heavy atom. The molecule has 0 aliphatic carbocycles. The van der Waals surface area contributed by atoms with Crippen molar-refractivity contribution in [3.8, 4) is 0 Å². The molecule has 0 aromatic heterocycles. The van der Waals surface area contributed by atoms with Crippen LogP contribution in [0.5, 0.6) is 0 Å². The third-order valence-electron chi connectivity index (χ3n) is 20.3. The van der Waals surface area contributed by atoms with Gasteiger partial charge in [0.2, 0.25) is 0 Å². The molecule has 11 aromatic rings. The molecule has 0 aliphatic heterocycles. The van der Waals surface area contributed by atoms with Crippen LogP contribution < -0.4 is 0 Å². The van der Waals surface area contributed by atoms with E-state index in [1.54, 1.807) is 62.3 Å². The number of benzene rings is 11. The second-order valence-electron chi connectivity index (χ2n) is 32.2. The van der Waals surface area contributed by atoms with Crippen LogP contribution in [0, 0.1) is 0 Å². The Bertz CT molecular complexity index is 5600. The maximum Gasteiger partial charge on any atom is 0.333 e. The smallest absolute Gasteiger partial charge is 0.333 e. The number of fused-ring (bicyclic) bond motifs is 4. The Morgan fingerprint density at radius 2 is 0.523 bits per heavy atom. The van der Waals surface area contributed by atoms with Gasteiger partial charge in [0, 0.05) is 71.1 Å². The van der Waals surface area contributed by atoms with Gasteiger partial charge in [0.15, 0.2) is 0 Å². The highest BCUT2D eigenvalue weighted by molar-refractivity contribution is 5.91. The lowest BCUT2D eigenvalue weighted by atomic mass is 9.91. The minimum absolute atomic E-state index is 0.158. The van der Waals surface area contributed by atoms with Gasteiger partial charge in [-0.2, -0.15) is 0 Å². The maximum atomic E-state index is 11.3. The molecule has 0 bridgehead atoms. The van der Waals surface area contributed by atoms with Crippen molar-refractivity contribution in [1.29, 1.82) is 0 Å². The lowest BCUT2D eigenvalue weighted by Gasteiger charge is -2.24. The van der Waals surface area contributed by atoms with Crippen LogP contribution in [0.25, 0.3) is 43.1 Å². The average Bonchev–Trinajstić information content (AvgIpc) is 0.814. The summed E-state index contributed by atoms with van der Waals surface area (Å²) in [6.45, 7) is 40.7. The molecular formula is C111H128O21. The first-order valence-corrected chi connectivity index (χ1v) is 43.5. The average molecular weight is 1800 g/mol. The third-order valence-corrected chi connectivity index (χ3v) is 20.3. The van der Waals surface area contributed by atoms with Gasteiger partial charge in [0.1, 0.15) is 0 Å². The summed E-state index contributed by atoms with van der Waals surface area (Å²) < 4.78 is 34.9. The van der Waals surface area contributed by atoms with Gasteiger partial charge < -0.3 is 68.9 Å². The molecule has 0 radical (unpaired) electrons. The normalized spacial score (nSPS) is 12.5. The summed E-state index contributed by atoms with van der Waals surface area (Å²) in [5, 5.41) is 79.8. The Balaban J connectivity index is 0.000000273. The van der Waals surface area contributed by atoms with Crippen molar-refractivity contribution in [2.24, 2.45) is 0 Å². The molecular weight excluding hydrogens is 1670 g/mol. The molecule has 21 nitrogen and oxygen atoms in total. The molecule has 7 atom stereocenters. The highest BCUT2D eigenvalue weighted by Crippen LogP contribution is 2.32. The monoisotopic (exact) mass is 1800 g/mol. The van der Waals surface area contributed by atoms with Crippen LogP contribution in [0.4, 0.5) is 0 Å². The van der Waals surface area contributed by atoms with Crippen molar-refractivity contribution < 1.29 is 102 Å². The first-order chi connectivity index (χ1) is 62.8. The number of hydrogen-bond donors (Lipinski definition) is 7. The van der Waals surface area contributed by atoms with Gasteiger partial charge in [0.25, 0.3) is 0 Å². The van der Waals surface area contributed by atoms with Crippen LogP contribution in [0.2, 0.25) is 0 Å². The van der Waals surface area contributed by atoms with E-state index in [-0.39, 0.29) is 45.0 Å². The van der Waals surface area contributed by atoms with Gasteiger partial charge in [-0.25, -0.2) is 33.6 Å². The predicted molar refractivity (Wildman–Crippen MR) is 521 cm³/mol. The zero-order valence-corrected chi connectivity index (χ0v) is 77.3. The lowest BCUT2D eigenvalue weighted by molar-refractivity contribution is -0.141. The van der Waals surface area contributed by atoms with Crippen LogP contribution in [0.1, 0.15) is 190 Å². The molecule has 7 unspecified atom stereocenters. The van der Waals surface area contributed by atoms with Crippen molar-refractivity contribution in [3.05, 3.63) is 385 Å². The minimum atomic E-state index is -1.04. The summed E-state index contributed by atoms with van der Waals surface area (Å²) >= 11 is 0. The second-order valence-corrected chi connectivity index (χ2v) is 32.2. The van der Waals surface area contributed by atoms with Crippen LogP contribution in [-0.2, 0) is 77.9 Å². The molecule has 0 amide bonds. The zero-order chi connectivity index (χ0) is 97.3. The predicted octanol–water partition coefficient (Wildman–Crippen LogP) is 21.3. The van der Waals surface area contributed by atoms with Gasteiger partial charge in [0.05, 0.1) is 88.0 Å². The summed E-state index contributed by atoms with van der Waals surface area (Å²) in [6.07, 6.45) is 1.28.